The molecule has 0 aromatic heterocycles. The van der Waals surface area contributed by atoms with Crippen molar-refractivity contribution < 1.29 is 24.0 Å². The van der Waals surface area contributed by atoms with E-state index in [1.807, 2.05) is 41.5 Å². The lowest BCUT2D eigenvalue weighted by molar-refractivity contribution is 0.279. The lowest BCUT2D eigenvalue weighted by Gasteiger charge is -2.32. The van der Waals surface area contributed by atoms with E-state index in [-0.39, 0.29) is 16.9 Å². The monoisotopic (exact) mass is 302 g/mol. The van der Waals surface area contributed by atoms with E-state index in [1.165, 1.54) is 12.1 Å². The first-order valence-corrected chi connectivity index (χ1v) is 7.88. The molecule has 1 aromatic carbocycles. The van der Waals surface area contributed by atoms with E-state index < -0.39 is 13.2 Å². The van der Waals surface area contributed by atoms with Crippen molar-refractivity contribution in [3.05, 3.63) is 23.3 Å². The molecule has 0 saturated carbocycles. The van der Waals surface area contributed by atoms with Crippen LogP contribution in [0.25, 0.3) is 0 Å². The molecule has 0 unspecified atom stereocenters. The summed E-state index contributed by atoms with van der Waals surface area (Å²) in [6.45, 7) is 11.5. The number of benzene rings is 1. The average Bonchev–Trinajstić information content (AvgIpc) is 2.14. The summed E-state index contributed by atoms with van der Waals surface area (Å²) in [6, 6.07) is 2.80. The van der Waals surface area contributed by atoms with Crippen molar-refractivity contribution in [1.82, 2.24) is 0 Å². The van der Waals surface area contributed by atoms with Crippen LogP contribution in [0, 0.1) is 0 Å². The molecule has 1 rings (SSSR count). The Morgan fingerprint density at radius 3 is 1.75 bits per heavy atom. The second-order valence-electron chi connectivity index (χ2n) is 6.91. The minimum Gasteiger partial charge on any atom is -0.508 e. The lowest BCUT2D eigenvalue weighted by atomic mass is 9.74. The largest absolute Gasteiger partial charge is 0.524 e. The smallest absolute Gasteiger partial charge is 0.508 e. The number of rotatable bonds is 2. The Labute approximate surface area is 119 Å². The molecule has 0 saturated heterocycles. The molecule has 0 heterocycles. The summed E-state index contributed by atoms with van der Waals surface area (Å²) >= 11 is 0. The van der Waals surface area contributed by atoms with Crippen LogP contribution in [-0.4, -0.2) is 14.9 Å². The van der Waals surface area contributed by atoms with E-state index in [2.05, 4.69) is 0 Å². The molecule has 0 atom stereocenters. The molecule has 0 aliphatic carbocycles. The van der Waals surface area contributed by atoms with Gasteiger partial charge in [-0.05, 0) is 23.0 Å². The molecular weight excluding hydrogens is 279 g/mol. The molecule has 1 aromatic rings. The number of hydrogen-bond donors (Lipinski definition) is 3. The van der Waals surface area contributed by atoms with Gasteiger partial charge in [-0.3, -0.25) is 9.79 Å². The van der Waals surface area contributed by atoms with Gasteiger partial charge >= 0.3 is 7.82 Å². The summed E-state index contributed by atoms with van der Waals surface area (Å²) in [6.07, 6.45) is 0. The fourth-order valence-electron chi connectivity index (χ4n) is 2.28. The number of phenols is 1. The van der Waals surface area contributed by atoms with E-state index in [0.717, 1.165) is 0 Å². The van der Waals surface area contributed by atoms with E-state index in [1.54, 1.807) is 0 Å². The number of phosphoric acid groups is 1. The molecule has 0 radical (unpaired) electrons. The summed E-state index contributed by atoms with van der Waals surface area (Å²) in [5.74, 6) is 0.203. The second kappa shape index (κ2) is 5.06. The highest BCUT2D eigenvalue weighted by atomic mass is 31.2. The molecule has 0 amide bonds. The molecule has 0 bridgehead atoms. The Bertz CT molecular complexity index is 546. The topological polar surface area (TPSA) is 87.0 Å². The molecule has 0 aliphatic rings. The van der Waals surface area contributed by atoms with Gasteiger partial charge in [-0.15, -0.1) is 0 Å². The maximum absolute atomic E-state index is 11.1. The van der Waals surface area contributed by atoms with E-state index in [9.17, 15) is 9.67 Å². The van der Waals surface area contributed by atoms with Gasteiger partial charge in [0.25, 0.3) is 0 Å². The quantitative estimate of drug-likeness (QED) is 0.728. The van der Waals surface area contributed by atoms with Crippen LogP contribution < -0.4 is 4.52 Å². The van der Waals surface area contributed by atoms with Crippen molar-refractivity contribution in [2.75, 3.05) is 0 Å². The minimum atomic E-state index is -4.65. The van der Waals surface area contributed by atoms with Gasteiger partial charge in [0.1, 0.15) is 11.5 Å². The van der Waals surface area contributed by atoms with Crippen molar-refractivity contribution in [3.63, 3.8) is 0 Å². The van der Waals surface area contributed by atoms with E-state index in [4.69, 9.17) is 14.3 Å². The van der Waals surface area contributed by atoms with Crippen LogP contribution in [0.5, 0.6) is 11.5 Å². The van der Waals surface area contributed by atoms with Gasteiger partial charge in [0, 0.05) is 11.1 Å². The highest BCUT2D eigenvalue weighted by Gasteiger charge is 2.33. The Hall–Kier alpha value is -1.03. The Morgan fingerprint density at radius 1 is 0.950 bits per heavy atom. The maximum atomic E-state index is 11.1. The van der Waals surface area contributed by atoms with Gasteiger partial charge < -0.3 is 9.63 Å². The second-order valence-corrected chi connectivity index (χ2v) is 8.08. The highest BCUT2D eigenvalue weighted by Crippen LogP contribution is 2.48. The Balaban J connectivity index is 3.68. The molecule has 114 valence electrons. The van der Waals surface area contributed by atoms with Gasteiger partial charge in [-0.2, -0.15) is 0 Å². The third kappa shape index (κ3) is 3.98. The highest BCUT2D eigenvalue weighted by molar-refractivity contribution is 7.46. The summed E-state index contributed by atoms with van der Waals surface area (Å²) < 4.78 is 15.9. The molecule has 0 fully saturated rings. The number of aromatic hydroxyl groups is 1. The van der Waals surface area contributed by atoms with Crippen LogP contribution in [0.2, 0.25) is 0 Å². The van der Waals surface area contributed by atoms with Gasteiger partial charge in [-0.25, -0.2) is 4.57 Å². The minimum absolute atomic E-state index is 0.0977. The number of phosphoric ester groups is 1. The first kappa shape index (κ1) is 17.0. The Kier molecular flexibility index (Phi) is 4.31. The summed E-state index contributed by atoms with van der Waals surface area (Å²) in [5, 5.41) is 10.2. The number of hydrogen-bond acceptors (Lipinski definition) is 3. The molecular formula is C14H23O5P. The first-order valence-electron chi connectivity index (χ1n) is 6.35. The van der Waals surface area contributed by atoms with Gasteiger partial charge in [0.2, 0.25) is 0 Å². The van der Waals surface area contributed by atoms with Crippen molar-refractivity contribution in [3.8, 4) is 11.5 Å². The Morgan fingerprint density at radius 2 is 1.40 bits per heavy atom. The van der Waals surface area contributed by atoms with E-state index in [0.29, 0.717) is 11.1 Å². The fourth-order valence-corrected chi connectivity index (χ4v) is 2.69. The maximum Gasteiger partial charge on any atom is 0.524 e. The molecule has 5 nitrogen and oxygen atoms in total. The molecule has 20 heavy (non-hydrogen) atoms. The van der Waals surface area contributed by atoms with Crippen molar-refractivity contribution in [2.45, 2.75) is 52.4 Å². The zero-order valence-corrected chi connectivity index (χ0v) is 13.7. The normalized spacial score (nSPS) is 13.4. The van der Waals surface area contributed by atoms with Crippen molar-refractivity contribution in [1.29, 1.82) is 0 Å². The number of phenolic OH excluding ortho intramolecular Hbond substituents is 1. The van der Waals surface area contributed by atoms with Crippen LogP contribution >= 0.6 is 7.82 Å². The molecule has 0 aliphatic heterocycles. The first-order chi connectivity index (χ1) is 8.73. The van der Waals surface area contributed by atoms with Crippen LogP contribution in [0.4, 0.5) is 0 Å². The molecule has 0 spiro atoms. The third-order valence-electron chi connectivity index (χ3n) is 2.86. The summed E-state index contributed by atoms with van der Waals surface area (Å²) in [5.41, 5.74) is 0.414. The zero-order valence-electron chi connectivity index (χ0n) is 12.8. The van der Waals surface area contributed by atoms with Crippen LogP contribution in [0.15, 0.2) is 12.1 Å². The molecule has 6 heteroatoms. The van der Waals surface area contributed by atoms with Crippen LogP contribution in [-0.2, 0) is 15.4 Å². The predicted octanol–water partition coefficient (Wildman–Crippen LogP) is 3.46. The molecule has 3 N–H and O–H groups in total. The standard InChI is InChI=1S/C14H23O5P/c1-13(2,3)11-9(15)7-8-10(19-20(16,17)18)12(11)14(4,5)6/h7-8,15H,1-6H3,(H2,16,17,18). The fraction of sp³-hybridized carbons (Fsp3) is 0.571. The lowest BCUT2D eigenvalue weighted by Crippen LogP contribution is -2.23. The van der Waals surface area contributed by atoms with Crippen LogP contribution in [0.3, 0.4) is 0 Å². The van der Waals surface area contributed by atoms with Crippen molar-refractivity contribution in [2.24, 2.45) is 0 Å². The summed E-state index contributed by atoms with van der Waals surface area (Å²) in [7, 11) is -4.65. The summed E-state index contributed by atoms with van der Waals surface area (Å²) in [4.78, 5) is 18.1. The van der Waals surface area contributed by atoms with Gasteiger partial charge in [0.05, 0.1) is 0 Å². The van der Waals surface area contributed by atoms with E-state index >= 15 is 0 Å². The van der Waals surface area contributed by atoms with Crippen molar-refractivity contribution >= 4 is 7.82 Å². The SMILES string of the molecule is CC(C)(C)c1c(O)ccc(OP(=O)(O)O)c1C(C)(C)C. The van der Waals surface area contributed by atoms with Crippen LogP contribution in [0.1, 0.15) is 52.7 Å². The zero-order chi connectivity index (χ0) is 15.9. The van der Waals surface area contributed by atoms with Gasteiger partial charge in [0.15, 0.2) is 0 Å². The average molecular weight is 302 g/mol. The predicted molar refractivity (Wildman–Crippen MR) is 78.2 cm³/mol. The van der Waals surface area contributed by atoms with Gasteiger partial charge in [-0.1, -0.05) is 41.5 Å². The third-order valence-corrected chi connectivity index (χ3v) is 3.30.